The van der Waals surface area contributed by atoms with Gasteiger partial charge in [-0.05, 0) is 57.0 Å². The van der Waals surface area contributed by atoms with E-state index >= 15 is 0 Å². The molecule has 4 N–H and O–H groups in total. The minimum Gasteiger partial charge on any atom is -0.489 e. The number of hydrogen-bond donors (Lipinski definition) is 3. The maximum Gasteiger partial charge on any atom is 0.407 e. The summed E-state index contributed by atoms with van der Waals surface area (Å²) in [4.78, 5) is 21.7. The second-order valence-electron chi connectivity index (χ2n) is 8.55. The molecule has 35 heavy (non-hydrogen) atoms. The second-order valence-corrected chi connectivity index (χ2v) is 11.0. The number of hydrogen-bond acceptors (Lipinski definition) is 8. The number of aromatic nitrogens is 2. The molecule has 3 heterocycles. The first-order chi connectivity index (χ1) is 16.6. The first-order valence-electron chi connectivity index (χ1n) is 11.1. The van der Waals surface area contributed by atoms with Crippen LogP contribution in [0.4, 0.5) is 15.6 Å². The third-order valence-corrected chi connectivity index (χ3v) is 7.32. The average molecular weight is 518 g/mol. The van der Waals surface area contributed by atoms with Crippen molar-refractivity contribution in [2.45, 2.75) is 43.6 Å². The summed E-state index contributed by atoms with van der Waals surface area (Å²) < 4.78 is 29.4. The molecule has 4 rings (SSSR count). The molecular weight excluding hydrogens is 490 g/mol. The number of ether oxygens (including phenoxy) is 1. The summed E-state index contributed by atoms with van der Waals surface area (Å²) in [5.41, 5.74) is 2.97. The molecule has 1 saturated heterocycles. The van der Waals surface area contributed by atoms with Crippen molar-refractivity contribution in [3.05, 3.63) is 47.6 Å². The van der Waals surface area contributed by atoms with Gasteiger partial charge in [-0.1, -0.05) is 0 Å². The van der Waals surface area contributed by atoms with Crippen molar-refractivity contribution in [1.82, 2.24) is 14.9 Å². The van der Waals surface area contributed by atoms with Crippen molar-refractivity contribution in [3.63, 3.8) is 0 Å². The monoisotopic (exact) mass is 517 g/mol. The standard InChI is InChI=1S/C23H27N5O5S2/c1-14(2)33-21-6-4-17(35(24,31)32)11-19(21)26-22-27-20(13-34-22)16-3-5-18(25-12-16)15-7-9-28(10-8-15)23(29)30/h3-6,11-15H,7-10H2,1-2H3,(H,26,27)(H,29,30)(H2,24,31,32). The number of benzene rings is 1. The highest BCUT2D eigenvalue weighted by molar-refractivity contribution is 7.89. The van der Waals surface area contributed by atoms with Crippen LogP contribution < -0.4 is 15.2 Å². The Labute approximate surface area is 207 Å². The summed E-state index contributed by atoms with van der Waals surface area (Å²) in [6.45, 7) is 4.79. The molecule has 10 nitrogen and oxygen atoms in total. The molecule has 1 aliphatic heterocycles. The summed E-state index contributed by atoms with van der Waals surface area (Å²) in [6.07, 6.45) is 2.29. The van der Waals surface area contributed by atoms with Crippen LogP contribution in [0.15, 0.2) is 46.8 Å². The highest BCUT2D eigenvalue weighted by Gasteiger charge is 2.24. The van der Waals surface area contributed by atoms with Gasteiger partial charge in [-0.3, -0.25) is 4.98 Å². The number of anilines is 2. The molecule has 1 aliphatic rings. The van der Waals surface area contributed by atoms with Crippen LogP contribution in [0, 0.1) is 0 Å². The quantitative estimate of drug-likeness (QED) is 0.421. The fourth-order valence-corrected chi connectivity index (χ4v) is 5.16. The number of thiazole rings is 1. The maximum absolute atomic E-state index is 11.8. The molecule has 0 aliphatic carbocycles. The molecule has 1 amide bonds. The van der Waals surface area contributed by atoms with E-state index < -0.39 is 16.1 Å². The minimum absolute atomic E-state index is 0.0261. The van der Waals surface area contributed by atoms with E-state index in [0.29, 0.717) is 29.7 Å². The number of sulfonamides is 1. The third kappa shape index (κ3) is 6.08. The number of primary sulfonamides is 1. The Balaban J connectivity index is 1.49. The number of amides is 1. The Kier molecular flexibility index (Phi) is 7.24. The molecule has 1 fully saturated rings. The molecule has 12 heteroatoms. The van der Waals surface area contributed by atoms with Gasteiger partial charge in [-0.2, -0.15) is 0 Å². The molecule has 1 aromatic carbocycles. The SMILES string of the molecule is CC(C)Oc1ccc(S(N)(=O)=O)cc1Nc1nc(-c2ccc(C3CCN(C(=O)O)CC3)nc2)cs1. The van der Waals surface area contributed by atoms with E-state index in [2.05, 4.69) is 15.3 Å². The largest absolute Gasteiger partial charge is 0.489 e. The zero-order chi connectivity index (χ0) is 25.2. The molecule has 2 aromatic heterocycles. The van der Waals surface area contributed by atoms with Gasteiger partial charge in [0.1, 0.15) is 5.75 Å². The minimum atomic E-state index is -3.87. The number of carbonyl (C=O) groups is 1. The number of nitrogens with two attached hydrogens (primary N) is 1. The Bertz CT molecular complexity index is 1300. The Morgan fingerprint density at radius 3 is 2.60 bits per heavy atom. The van der Waals surface area contributed by atoms with E-state index in [-0.39, 0.29) is 16.9 Å². The fourth-order valence-electron chi connectivity index (χ4n) is 3.88. The van der Waals surface area contributed by atoms with Crippen molar-refractivity contribution in [2.24, 2.45) is 5.14 Å². The predicted octanol–water partition coefficient (Wildman–Crippen LogP) is 4.24. The predicted molar refractivity (Wildman–Crippen MR) is 134 cm³/mol. The van der Waals surface area contributed by atoms with Crippen LogP contribution in [0.1, 0.15) is 38.3 Å². The van der Waals surface area contributed by atoms with E-state index in [9.17, 15) is 13.2 Å². The number of carboxylic acid groups (broad SMARTS) is 1. The number of piperidine rings is 1. The number of nitrogens with one attached hydrogen (secondary N) is 1. The lowest BCUT2D eigenvalue weighted by Gasteiger charge is -2.29. The first kappa shape index (κ1) is 24.9. The zero-order valence-electron chi connectivity index (χ0n) is 19.3. The summed E-state index contributed by atoms with van der Waals surface area (Å²) in [5, 5.41) is 20.0. The topological polar surface area (TPSA) is 148 Å². The molecule has 0 atom stereocenters. The number of rotatable bonds is 7. The first-order valence-corrected chi connectivity index (χ1v) is 13.5. The van der Waals surface area contributed by atoms with Gasteiger partial charge >= 0.3 is 6.09 Å². The van der Waals surface area contributed by atoms with Crippen LogP contribution in [-0.2, 0) is 10.0 Å². The van der Waals surface area contributed by atoms with Gasteiger partial charge in [0.25, 0.3) is 0 Å². The van der Waals surface area contributed by atoms with Crippen molar-refractivity contribution >= 4 is 38.3 Å². The smallest absolute Gasteiger partial charge is 0.407 e. The van der Waals surface area contributed by atoms with Gasteiger partial charge in [0, 0.05) is 41.8 Å². The third-order valence-electron chi connectivity index (χ3n) is 5.65. The number of likely N-dealkylation sites (tertiary alicyclic amines) is 1. The molecule has 186 valence electrons. The highest BCUT2D eigenvalue weighted by Crippen LogP contribution is 2.34. The normalized spacial score (nSPS) is 14.8. The highest BCUT2D eigenvalue weighted by atomic mass is 32.2. The lowest BCUT2D eigenvalue weighted by Crippen LogP contribution is -2.36. The number of nitrogens with zero attached hydrogens (tertiary/aromatic N) is 3. The molecule has 0 unspecified atom stereocenters. The molecule has 0 radical (unpaired) electrons. The van der Waals surface area contributed by atoms with Crippen molar-refractivity contribution in [3.8, 4) is 17.0 Å². The van der Waals surface area contributed by atoms with Crippen LogP contribution in [0.3, 0.4) is 0 Å². The summed E-state index contributed by atoms with van der Waals surface area (Å²) >= 11 is 1.37. The maximum atomic E-state index is 11.8. The van der Waals surface area contributed by atoms with E-state index in [1.165, 1.54) is 28.4 Å². The van der Waals surface area contributed by atoms with E-state index in [0.717, 1.165) is 29.8 Å². The fraction of sp³-hybridized carbons (Fsp3) is 0.348. The van der Waals surface area contributed by atoms with Crippen LogP contribution in [0.2, 0.25) is 0 Å². The van der Waals surface area contributed by atoms with Crippen molar-refractivity contribution in [2.75, 3.05) is 18.4 Å². The molecule has 3 aromatic rings. The van der Waals surface area contributed by atoms with Gasteiger partial charge in [-0.25, -0.2) is 23.3 Å². The van der Waals surface area contributed by atoms with E-state index in [4.69, 9.17) is 15.0 Å². The van der Waals surface area contributed by atoms with E-state index in [1.54, 1.807) is 12.3 Å². The van der Waals surface area contributed by atoms with Crippen LogP contribution in [0.25, 0.3) is 11.3 Å². The van der Waals surface area contributed by atoms with Crippen LogP contribution in [-0.4, -0.2) is 53.7 Å². The zero-order valence-corrected chi connectivity index (χ0v) is 21.0. The number of pyridine rings is 1. The molecule has 0 bridgehead atoms. The van der Waals surface area contributed by atoms with Crippen LogP contribution in [0.5, 0.6) is 5.75 Å². The van der Waals surface area contributed by atoms with Gasteiger partial charge in [0.2, 0.25) is 10.0 Å². The Morgan fingerprint density at radius 2 is 2.00 bits per heavy atom. The average Bonchev–Trinajstić information content (AvgIpc) is 3.28. The van der Waals surface area contributed by atoms with E-state index in [1.807, 2.05) is 31.4 Å². The van der Waals surface area contributed by atoms with Gasteiger partial charge < -0.3 is 20.1 Å². The van der Waals surface area contributed by atoms with Crippen LogP contribution >= 0.6 is 11.3 Å². The van der Waals surface area contributed by atoms with Crippen molar-refractivity contribution < 1.29 is 23.1 Å². The van der Waals surface area contributed by atoms with Crippen molar-refractivity contribution in [1.29, 1.82) is 0 Å². The Hall–Kier alpha value is -3.22. The lowest BCUT2D eigenvalue weighted by molar-refractivity contribution is 0.131. The summed E-state index contributed by atoms with van der Waals surface area (Å²) in [7, 11) is -3.87. The molecular formula is C23H27N5O5S2. The summed E-state index contributed by atoms with van der Waals surface area (Å²) in [5.74, 6) is 0.724. The molecule has 0 saturated carbocycles. The summed E-state index contributed by atoms with van der Waals surface area (Å²) in [6, 6.07) is 8.33. The van der Waals surface area contributed by atoms with Gasteiger partial charge in [-0.15, -0.1) is 11.3 Å². The lowest BCUT2D eigenvalue weighted by atomic mass is 9.93. The van der Waals surface area contributed by atoms with Gasteiger partial charge in [0.15, 0.2) is 5.13 Å². The second kappa shape index (κ2) is 10.2. The Morgan fingerprint density at radius 1 is 1.26 bits per heavy atom. The van der Waals surface area contributed by atoms with Gasteiger partial charge in [0.05, 0.1) is 22.4 Å². The molecule has 0 spiro atoms.